The van der Waals surface area contributed by atoms with Crippen molar-refractivity contribution in [1.29, 1.82) is 0 Å². The molecule has 25 heavy (non-hydrogen) atoms. The molecule has 1 fully saturated rings. The number of piperidine rings is 1. The Labute approximate surface area is 146 Å². The Morgan fingerprint density at radius 3 is 3.08 bits per heavy atom. The van der Waals surface area contributed by atoms with E-state index in [0.29, 0.717) is 17.4 Å². The molecule has 3 N–H and O–H groups in total. The van der Waals surface area contributed by atoms with E-state index in [-0.39, 0.29) is 17.4 Å². The summed E-state index contributed by atoms with van der Waals surface area (Å²) >= 11 is 0. The first kappa shape index (κ1) is 15.2. The van der Waals surface area contributed by atoms with Crippen LogP contribution in [0.4, 0.5) is 0 Å². The van der Waals surface area contributed by atoms with Crippen molar-refractivity contribution in [1.82, 2.24) is 4.90 Å². The van der Waals surface area contributed by atoms with E-state index in [4.69, 9.17) is 10.5 Å². The van der Waals surface area contributed by atoms with Crippen molar-refractivity contribution >= 4 is 5.91 Å². The topological polar surface area (TPSA) is 75.8 Å². The van der Waals surface area contributed by atoms with Crippen molar-refractivity contribution in [3.63, 3.8) is 0 Å². The second kappa shape index (κ2) is 4.96. The number of primary amides is 1. The second-order valence-corrected chi connectivity index (χ2v) is 7.63. The van der Waals surface area contributed by atoms with Crippen molar-refractivity contribution in [2.45, 2.75) is 36.5 Å². The maximum absolute atomic E-state index is 11.9. The molecule has 0 radical (unpaired) electrons. The SMILES string of the molecule is C=CCN1CC[C@]23c4c5ccc(C(N)=O)c4O[C@@H]2[C@@H](O)C=C[C@H]3[C@H]1C5. The maximum Gasteiger partial charge on any atom is 0.252 e. The quantitative estimate of drug-likeness (QED) is 0.811. The number of amides is 1. The molecule has 5 heteroatoms. The lowest BCUT2D eigenvalue weighted by Crippen LogP contribution is -2.65. The van der Waals surface area contributed by atoms with E-state index >= 15 is 0 Å². The summed E-state index contributed by atoms with van der Waals surface area (Å²) in [4.78, 5) is 14.4. The van der Waals surface area contributed by atoms with Crippen LogP contribution in [0.2, 0.25) is 0 Å². The number of aliphatic hydroxyl groups is 1. The Balaban J connectivity index is 1.76. The van der Waals surface area contributed by atoms with Gasteiger partial charge in [-0.05, 0) is 31.0 Å². The fourth-order valence-corrected chi connectivity index (χ4v) is 5.73. The Morgan fingerprint density at radius 1 is 1.48 bits per heavy atom. The zero-order valence-corrected chi connectivity index (χ0v) is 14.0. The molecule has 1 saturated heterocycles. The summed E-state index contributed by atoms with van der Waals surface area (Å²) in [5.74, 6) is 0.405. The molecule has 2 aliphatic carbocycles. The number of nitrogens with zero attached hydrogens (tertiary/aromatic N) is 1. The highest BCUT2D eigenvalue weighted by molar-refractivity contribution is 5.97. The maximum atomic E-state index is 11.9. The summed E-state index contributed by atoms with van der Waals surface area (Å²) in [5, 5.41) is 10.6. The third kappa shape index (κ3) is 1.72. The van der Waals surface area contributed by atoms with Gasteiger partial charge < -0.3 is 15.6 Å². The summed E-state index contributed by atoms with van der Waals surface area (Å²) in [7, 11) is 0. The van der Waals surface area contributed by atoms with Gasteiger partial charge in [-0.3, -0.25) is 9.69 Å². The predicted octanol–water partition coefficient (Wildman–Crippen LogP) is 1.15. The minimum absolute atomic E-state index is 0.259. The van der Waals surface area contributed by atoms with E-state index < -0.39 is 12.0 Å². The van der Waals surface area contributed by atoms with Crippen LogP contribution in [0.25, 0.3) is 0 Å². The van der Waals surface area contributed by atoms with Gasteiger partial charge in [0.05, 0.1) is 5.56 Å². The van der Waals surface area contributed by atoms with E-state index in [2.05, 4.69) is 17.6 Å². The molecule has 5 atom stereocenters. The molecule has 1 aromatic rings. The van der Waals surface area contributed by atoms with Gasteiger partial charge in [-0.2, -0.15) is 0 Å². The first-order valence-corrected chi connectivity index (χ1v) is 8.92. The lowest BCUT2D eigenvalue weighted by atomic mass is 9.53. The number of likely N-dealkylation sites (tertiary alicyclic amines) is 1. The van der Waals surface area contributed by atoms with E-state index in [9.17, 15) is 9.90 Å². The number of carbonyl (C=O) groups is 1. The van der Waals surface area contributed by atoms with Crippen molar-refractivity contribution in [2.24, 2.45) is 11.7 Å². The molecule has 1 aromatic carbocycles. The molecule has 5 rings (SSSR count). The van der Waals surface area contributed by atoms with Gasteiger partial charge in [0.15, 0.2) is 0 Å². The molecule has 1 amide bonds. The third-order valence-corrected chi connectivity index (χ3v) is 6.64. The molecule has 2 bridgehead atoms. The molecule has 2 aliphatic heterocycles. The van der Waals surface area contributed by atoms with Gasteiger partial charge in [0.1, 0.15) is 18.0 Å². The molecule has 1 spiro atoms. The molecule has 0 unspecified atom stereocenters. The van der Waals surface area contributed by atoms with Gasteiger partial charge >= 0.3 is 0 Å². The van der Waals surface area contributed by atoms with Crippen LogP contribution in [-0.4, -0.2) is 47.3 Å². The molecule has 0 saturated carbocycles. The summed E-state index contributed by atoms with van der Waals surface area (Å²) in [6, 6.07) is 4.16. The van der Waals surface area contributed by atoms with E-state index in [1.54, 1.807) is 6.07 Å². The number of aliphatic hydroxyl groups excluding tert-OH is 1. The second-order valence-electron chi connectivity index (χ2n) is 7.63. The fourth-order valence-electron chi connectivity index (χ4n) is 5.73. The van der Waals surface area contributed by atoms with Gasteiger partial charge in [-0.1, -0.05) is 24.3 Å². The highest BCUT2D eigenvalue weighted by atomic mass is 16.5. The van der Waals surface area contributed by atoms with Crippen LogP contribution in [0.15, 0.2) is 36.9 Å². The molecular formula is C20H22N2O3. The monoisotopic (exact) mass is 338 g/mol. The van der Waals surface area contributed by atoms with Crippen LogP contribution in [-0.2, 0) is 11.8 Å². The fraction of sp³-hybridized carbons (Fsp3) is 0.450. The summed E-state index contributed by atoms with van der Waals surface area (Å²) in [6.07, 6.45) is 6.79. The zero-order chi connectivity index (χ0) is 17.3. The van der Waals surface area contributed by atoms with Crippen molar-refractivity contribution < 1.29 is 14.6 Å². The minimum Gasteiger partial charge on any atom is -0.485 e. The Morgan fingerprint density at radius 2 is 2.32 bits per heavy atom. The predicted molar refractivity (Wildman–Crippen MR) is 93.6 cm³/mol. The standard InChI is InChI=1S/C20H22N2O3/c1-2-8-22-9-7-20-13-5-6-15(23)18(20)25-17-12(19(21)24)4-3-11(16(17)20)10-14(13)22/h2-6,13-15,18,23H,1,7-10H2,(H2,21,24)/t13-,14+,15-,18+,20-/m0/s1. The largest absolute Gasteiger partial charge is 0.485 e. The summed E-state index contributed by atoms with van der Waals surface area (Å²) < 4.78 is 6.24. The van der Waals surface area contributed by atoms with Crippen LogP contribution >= 0.6 is 0 Å². The van der Waals surface area contributed by atoms with Gasteiger partial charge in [0, 0.05) is 29.5 Å². The summed E-state index contributed by atoms with van der Waals surface area (Å²) in [5.41, 5.74) is 8.10. The molecule has 5 nitrogen and oxygen atoms in total. The zero-order valence-electron chi connectivity index (χ0n) is 14.0. The lowest BCUT2D eigenvalue weighted by molar-refractivity contribution is -0.0486. The van der Waals surface area contributed by atoms with Gasteiger partial charge in [0.2, 0.25) is 0 Å². The Kier molecular flexibility index (Phi) is 3.01. The average molecular weight is 338 g/mol. The lowest BCUT2D eigenvalue weighted by Gasteiger charge is -2.57. The van der Waals surface area contributed by atoms with E-state index in [0.717, 1.165) is 31.5 Å². The number of nitrogens with two attached hydrogens (primary N) is 1. The van der Waals surface area contributed by atoms with Crippen LogP contribution in [0.5, 0.6) is 5.75 Å². The van der Waals surface area contributed by atoms with Crippen molar-refractivity contribution in [3.8, 4) is 5.75 Å². The number of ether oxygens (including phenoxy) is 1. The Bertz CT molecular complexity index is 817. The third-order valence-electron chi connectivity index (χ3n) is 6.64. The van der Waals surface area contributed by atoms with Crippen LogP contribution in [0.3, 0.4) is 0 Å². The molecule has 2 heterocycles. The van der Waals surface area contributed by atoms with Crippen LogP contribution in [0, 0.1) is 5.92 Å². The first-order chi connectivity index (χ1) is 12.1. The molecule has 4 aliphatic rings. The number of hydrogen-bond donors (Lipinski definition) is 2. The highest BCUT2D eigenvalue weighted by Crippen LogP contribution is 2.61. The minimum atomic E-state index is -0.665. The average Bonchev–Trinajstić information content (AvgIpc) is 2.93. The van der Waals surface area contributed by atoms with E-state index in [1.807, 2.05) is 18.2 Å². The summed E-state index contributed by atoms with van der Waals surface area (Å²) in [6.45, 7) is 5.70. The number of benzene rings is 1. The van der Waals surface area contributed by atoms with Crippen molar-refractivity contribution in [2.75, 3.05) is 13.1 Å². The van der Waals surface area contributed by atoms with Crippen molar-refractivity contribution in [3.05, 3.63) is 53.6 Å². The number of hydrogen-bond acceptors (Lipinski definition) is 4. The highest BCUT2D eigenvalue weighted by Gasteiger charge is 2.64. The van der Waals surface area contributed by atoms with Gasteiger partial charge in [-0.25, -0.2) is 0 Å². The Hall–Kier alpha value is -2.11. The van der Waals surface area contributed by atoms with Crippen LogP contribution in [0.1, 0.15) is 27.9 Å². The van der Waals surface area contributed by atoms with Gasteiger partial charge in [0.25, 0.3) is 5.91 Å². The first-order valence-electron chi connectivity index (χ1n) is 8.92. The van der Waals surface area contributed by atoms with Crippen LogP contribution < -0.4 is 10.5 Å². The normalized spacial score (nSPS) is 37.3. The number of rotatable bonds is 3. The molecule has 130 valence electrons. The number of carbonyl (C=O) groups excluding carboxylic acids is 1. The van der Waals surface area contributed by atoms with E-state index in [1.165, 1.54) is 5.56 Å². The smallest absolute Gasteiger partial charge is 0.252 e. The molecular weight excluding hydrogens is 316 g/mol. The molecule has 0 aromatic heterocycles. The van der Waals surface area contributed by atoms with Gasteiger partial charge in [-0.15, -0.1) is 6.58 Å².